The molecule has 0 bridgehead atoms. The highest BCUT2D eigenvalue weighted by Gasteiger charge is 2.24. The SMILES string of the molecule is COc1ccc(C(=O)N2CCCN(C(=O)c3cccnc3)CC2)cc1OC. The largest absolute Gasteiger partial charge is 0.493 e. The van der Waals surface area contributed by atoms with Crippen LogP contribution in [0.5, 0.6) is 11.5 Å². The molecule has 1 saturated heterocycles. The molecule has 142 valence electrons. The first-order valence-corrected chi connectivity index (χ1v) is 8.84. The average molecular weight is 369 g/mol. The van der Waals surface area contributed by atoms with Crippen molar-refractivity contribution < 1.29 is 19.1 Å². The molecular weight excluding hydrogens is 346 g/mol. The van der Waals surface area contributed by atoms with Gasteiger partial charge in [0, 0.05) is 44.1 Å². The third-order valence-corrected chi connectivity index (χ3v) is 4.61. The normalized spacial score (nSPS) is 14.4. The third kappa shape index (κ3) is 4.19. The lowest BCUT2D eigenvalue weighted by Gasteiger charge is -2.22. The van der Waals surface area contributed by atoms with Crippen LogP contribution in [0.25, 0.3) is 0 Å². The number of benzene rings is 1. The lowest BCUT2D eigenvalue weighted by atomic mass is 10.1. The van der Waals surface area contributed by atoms with Gasteiger partial charge < -0.3 is 19.3 Å². The van der Waals surface area contributed by atoms with Gasteiger partial charge in [-0.1, -0.05) is 0 Å². The topological polar surface area (TPSA) is 72.0 Å². The fourth-order valence-electron chi connectivity index (χ4n) is 3.15. The molecule has 1 aromatic carbocycles. The molecule has 0 N–H and O–H groups in total. The van der Waals surface area contributed by atoms with Gasteiger partial charge in [0.25, 0.3) is 11.8 Å². The number of hydrogen-bond donors (Lipinski definition) is 0. The van der Waals surface area contributed by atoms with Crippen LogP contribution in [0.15, 0.2) is 42.7 Å². The summed E-state index contributed by atoms with van der Waals surface area (Å²) in [6.45, 7) is 2.19. The van der Waals surface area contributed by atoms with Gasteiger partial charge in [-0.3, -0.25) is 14.6 Å². The number of amides is 2. The minimum Gasteiger partial charge on any atom is -0.493 e. The lowest BCUT2D eigenvalue weighted by Crippen LogP contribution is -2.37. The molecule has 0 saturated carbocycles. The maximum atomic E-state index is 12.9. The van der Waals surface area contributed by atoms with Gasteiger partial charge >= 0.3 is 0 Å². The van der Waals surface area contributed by atoms with Crippen LogP contribution in [0.4, 0.5) is 0 Å². The van der Waals surface area contributed by atoms with Crippen LogP contribution in [-0.2, 0) is 0 Å². The van der Waals surface area contributed by atoms with E-state index in [9.17, 15) is 9.59 Å². The molecular formula is C20H23N3O4. The van der Waals surface area contributed by atoms with Gasteiger partial charge in [-0.05, 0) is 36.8 Å². The van der Waals surface area contributed by atoms with Crippen molar-refractivity contribution in [2.45, 2.75) is 6.42 Å². The zero-order chi connectivity index (χ0) is 19.2. The molecule has 2 aromatic rings. The van der Waals surface area contributed by atoms with Crippen LogP contribution in [0.3, 0.4) is 0 Å². The fourth-order valence-corrected chi connectivity index (χ4v) is 3.15. The van der Waals surface area contributed by atoms with Crippen molar-refractivity contribution in [2.24, 2.45) is 0 Å². The molecule has 0 spiro atoms. The minimum absolute atomic E-state index is 0.0523. The first kappa shape index (κ1) is 18.7. The smallest absolute Gasteiger partial charge is 0.255 e. The van der Waals surface area contributed by atoms with E-state index in [4.69, 9.17) is 9.47 Å². The van der Waals surface area contributed by atoms with E-state index in [0.717, 1.165) is 6.42 Å². The number of ether oxygens (including phenoxy) is 2. The summed E-state index contributed by atoms with van der Waals surface area (Å²) in [5, 5.41) is 0. The van der Waals surface area contributed by atoms with E-state index in [1.807, 2.05) is 0 Å². The monoisotopic (exact) mass is 369 g/mol. The summed E-state index contributed by atoms with van der Waals surface area (Å²) in [7, 11) is 3.10. The highest BCUT2D eigenvalue weighted by atomic mass is 16.5. The molecule has 3 rings (SSSR count). The van der Waals surface area contributed by atoms with Crippen molar-refractivity contribution in [2.75, 3.05) is 40.4 Å². The Labute approximate surface area is 158 Å². The molecule has 0 aliphatic carbocycles. The summed E-state index contributed by atoms with van der Waals surface area (Å²) in [6, 6.07) is 8.64. The van der Waals surface area contributed by atoms with Crippen LogP contribution >= 0.6 is 0 Å². The van der Waals surface area contributed by atoms with E-state index >= 15 is 0 Å². The Balaban J connectivity index is 1.69. The van der Waals surface area contributed by atoms with Crippen molar-refractivity contribution in [3.8, 4) is 11.5 Å². The maximum Gasteiger partial charge on any atom is 0.255 e. The average Bonchev–Trinajstić information content (AvgIpc) is 2.99. The van der Waals surface area contributed by atoms with Crippen LogP contribution in [0, 0.1) is 0 Å². The minimum atomic E-state index is -0.0772. The van der Waals surface area contributed by atoms with Gasteiger partial charge in [0.15, 0.2) is 11.5 Å². The van der Waals surface area contributed by atoms with Gasteiger partial charge in [0.2, 0.25) is 0 Å². The van der Waals surface area contributed by atoms with Crippen molar-refractivity contribution in [1.29, 1.82) is 0 Å². The van der Waals surface area contributed by atoms with Crippen molar-refractivity contribution in [1.82, 2.24) is 14.8 Å². The van der Waals surface area contributed by atoms with Crippen molar-refractivity contribution in [3.63, 3.8) is 0 Å². The number of rotatable bonds is 4. The maximum absolute atomic E-state index is 12.9. The Kier molecular flexibility index (Phi) is 5.90. The molecule has 2 heterocycles. The molecule has 2 amide bonds. The van der Waals surface area contributed by atoms with E-state index < -0.39 is 0 Å². The molecule has 7 nitrogen and oxygen atoms in total. The number of hydrogen-bond acceptors (Lipinski definition) is 5. The lowest BCUT2D eigenvalue weighted by molar-refractivity contribution is 0.0718. The molecule has 0 atom stereocenters. The van der Waals surface area contributed by atoms with Crippen LogP contribution in [0.1, 0.15) is 27.1 Å². The second-order valence-corrected chi connectivity index (χ2v) is 6.25. The Morgan fingerprint density at radius 1 is 0.889 bits per heavy atom. The van der Waals surface area contributed by atoms with Gasteiger partial charge in [0.1, 0.15) is 0 Å². The number of carbonyl (C=O) groups excluding carboxylic acids is 2. The van der Waals surface area contributed by atoms with Gasteiger partial charge in [-0.25, -0.2) is 0 Å². The Morgan fingerprint density at radius 3 is 2.15 bits per heavy atom. The third-order valence-electron chi connectivity index (χ3n) is 4.61. The number of aromatic nitrogens is 1. The first-order valence-electron chi connectivity index (χ1n) is 8.84. The summed E-state index contributed by atoms with van der Waals surface area (Å²) in [5.74, 6) is 0.972. The molecule has 0 unspecified atom stereocenters. The molecule has 27 heavy (non-hydrogen) atoms. The van der Waals surface area contributed by atoms with Crippen molar-refractivity contribution in [3.05, 3.63) is 53.9 Å². The van der Waals surface area contributed by atoms with E-state index in [1.165, 1.54) is 0 Å². The van der Waals surface area contributed by atoms with Crippen molar-refractivity contribution >= 4 is 11.8 Å². The van der Waals surface area contributed by atoms with E-state index in [2.05, 4.69) is 4.98 Å². The summed E-state index contributed by atoms with van der Waals surface area (Å²) in [4.78, 5) is 33.0. The number of carbonyl (C=O) groups is 2. The molecule has 1 aliphatic heterocycles. The Bertz CT molecular complexity index is 810. The quantitative estimate of drug-likeness (QED) is 0.825. The summed E-state index contributed by atoms with van der Waals surface area (Å²) in [5.41, 5.74) is 1.11. The zero-order valence-corrected chi connectivity index (χ0v) is 15.6. The standard InChI is InChI=1S/C20H23N3O4/c1-26-17-7-6-15(13-18(17)27-2)19(24)22-9-4-10-23(12-11-22)20(25)16-5-3-8-21-14-16/h3,5-8,13-14H,4,9-12H2,1-2H3. The molecule has 7 heteroatoms. The van der Waals surface area contributed by atoms with E-state index in [-0.39, 0.29) is 11.8 Å². The summed E-state index contributed by atoms with van der Waals surface area (Å²) in [6.07, 6.45) is 3.94. The van der Waals surface area contributed by atoms with E-state index in [1.54, 1.807) is 66.7 Å². The summed E-state index contributed by atoms with van der Waals surface area (Å²) < 4.78 is 10.5. The van der Waals surface area contributed by atoms with Crippen LogP contribution in [0.2, 0.25) is 0 Å². The second kappa shape index (κ2) is 8.53. The highest BCUT2D eigenvalue weighted by molar-refractivity contribution is 5.95. The molecule has 0 radical (unpaired) electrons. The number of methoxy groups -OCH3 is 2. The molecule has 1 aromatic heterocycles. The zero-order valence-electron chi connectivity index (χ0n) is 15.6. The van der Waals surface area contributed by atoms with Crippen LogP contribution < -0.4 is 9.47 Å². The Morgan fingerprint density at radius 2 is 1.56 bits per heavy atom. The van der Waals surface area contributed by atoms with Gasteiger partial charge in [0.05, 0.1) is 19.8 Å². The predicted octanol–water partition coefficient (Wildman–Crippen LogP) is 2.09. The predicted molar refractivity (Wildman–Crippen MR) is 100 cm³/mol. The Hall–Kier alpha value is -3.09. The first-order chi connectivity index (χ1) is 13.1. The van der Waals surface area contributed by atoms with Crippen LogP contribution in [-0.4, -0.2) is 67.0 Å². The van der Waals surface area contributed by atoms with E-state index in [0.29, 0.717) is 48.8 Å². The summed E-state index contributed by atoms with van der Waals surface area (Å²) >= 11 is 0. The number of nitrogens with zero attached hydrogens (tertiary/aromatic N) is 3. The number of pyridine rings is 1. The molecule has 1 aliphatic rings. The van der Waals surface area contributed by atoms with Gasteiger partial charge in [-0.15, -0.1) is 0 Å². The molecule has 1 fully saturated rings. The second-order valence-electron chi connectivity index (χ2n) is 6.25. The van der Waals surface area contributed by atoms with Gasteiger partial charge in [-0.2, -0.15) is 0 Å². The highest BCUT2D eigenvalue weighted by Crippen LogP contribution is 2.28. The fraction of sp³-hybridized carbons (Fsp3) is 0.350.